The maximum Gasteiger partial charge on any atom is 0.380 e. The van der Waals surface area contributed by atoms with Crippen molar-refractivity contribution in [3.63, 3.8) is 0 Å². The number of carbonyl (C=O) groups is 2. The molecule has 0 aliphatic heterocycles. The number of alkyl halides is 9. The maximum absolute atomic E-state index is 13.4. The molecule has 0 radical (unpaired) electrons. The van der Waals surface area contributed by atoms with Gasteiger partial charge in [-0.1, -0.05) is 6.08 Å². The first-order valence-corrected chi connectivity index (χ1v) is 6.63. The van der Waals surface area contributed by atoms with E-state index in [0.717, 1.165) is 7.11 Å². The highest BCUT2D eigenvalue weighted by Gasteiger charge is 2.80. The van der Waals surface area contributed by atoms with Crippen LogP contribution in [0.2, 0.25) is 0 Å². The zero-order chi connectivity index (χ0) is 21.0. The quantitative estimate of drug-likeness (QED) is 0.341. The third kappa shape index (κ3) is 4.81. The lowest BCUT2D eigenvalue weighted by Crippen LogP contribution is -2.62. The third-order valence-corrected chi connectivity index (χ3v) is 3.12. The van der Waals surface area contributed by atoms with E-state index in [1.165, 1.54) is 0 Å². The summed E-state index contributed by atoms with van der Waals surface area (Å²) in [6.45, 7) is -3.29. The molecule has 0 unspecified atom stereocenters. The first-order chi connectivity index (χ1) is 11.6. The molecule has 0 rings (SSSR count). The van der Waals surface area contributed by atoms with Gasteiger partial charge in [0.15, 0.2) is 6.67 Å². The van der Waals surface area contributed by atoms with Crippen molar-refractivity contribution in [2.24, 2.45) is 0 Å². The van der Waals surface area contributed by atoms with Crippen molar-refractivity contribution in [2.75, 3.05) is 13.8 Å². The number of carboxylic acid groups (broad SMARTS) is 1. The van der Waals surface area contributed by atoms with E-state index in [4.69, 9.17) is 5.11 Å². The minimum Gasteiger partial charge on any atom is -0.481 e. The Morgan fingerprint density at radius 2 is 1.42 bits per heavy atom. The molecule has 1 N–H and O–H groups in total. The summed E-state index contributed by atoms with van der Waals surface area (Å²) < 4.78 is 121. The predicted octanol–water partition coefficient (Wildman–Crippen LogP) is 3.85. The Balaban J connectivity index is 5.48. The summed E-state index contributed by atoms with van der Waals surface area (Å²) in [5.74, 6) is -28.0. The average Bonchev–Trinajstić information content (AvgIpc) is 2.51. The van der Waals surface area contributed by atoms with E-state index in [1.807, 2.05) is 0 Å². The molecule has 4 nitrogen and oxygen atoms in total. The van der Waals surface area contributed by atoms with E-state index in [9.17, 15) is 49.1 Å². The zero-order valence-corrected chi connectivity index (χ0v) is 13.0. The normalized spacial score (nSPS) is 14.3. The molecule has 152 valence electrons. The van der Waals surface area contributed by atoms with Crippen molar-refractivity contribution in [3.05, 3.63) is 11.6 Å². The predicted molar refractivity (Wildman–Crippen MR) is 67.3 cm³/mol. The first kappa shape index (κ1) is 24.1. The van der Waals surface area contributed by atoms with Crippen molar-refractivity contribution < 1.29 is 58.9 Å². The summed E-state index contributed by atoms with van der Waals surface area (Å²) in [6, 6.07) is 0. The Bertz CT molecular complexity index is 558. The van der Waals surface area contributed by atoms with Crippen LogP contribution < -0.4 is 0 Å². The third-order valence-electron chi connectivity index (χ3n) is 3.12. The van der Waals surface area contributed by atoms with Crippen molar-refractivity contribution in [1.29, 1.82) is 0 Å². The number of hydrogen-bond donors (Lipinski definition) is 1. The van der Waals surface area contributed by atoms with Crippen LogP contribution in [0.4, 0.5) is 39.5 Å². The van der Waals surface area contributed by atoms with Gasteiger partial charge in [-0.25, -0.2) is 9.18 Å². The molecule has 0 bridgehead atoms. The monoisotopic (exact) mass is 404 g/mol. The maximum atomic E-state index is 13.4. The van der Waals surface area contributed by atoms with Gasteiger partial charge in [-0.2, -0.15) is 35.1 Å². The largest absolute Gasteiger partial charge is 0.481 e. The van der Waals surface area contributed by atoms with Gasteiger partial charge in [0, 0.05) is 12.0 Å². The van der Waals surface area contributed by atoms with Crippen LogP contribution in [0.1, 0.15) is 19.3 Å². The SMILES string of the molecule is COC(=O)C(=CCCC(F)(F)C(F)(F)C(F)(F)C(F)(F)CF)CC(=O)O. The van der Waals surface area contributed by atoms with Crippen LogP contribution in [0.3, 0.4) is 0 Å². The van der Waals surface area contributed by atoms with E-state index >= 15 is 0 Å². The topological polar surface area (TPSA) is 63.6 Å². The van der Waals surface area contributed by atoms with E-state index in [-0.39, 0.29) is 0 Å². The fraction of sp³-hybridized carbons (Fsp3) is 0.692. The van der Waals surface area contributed by atoms with Gasteiger partial charge < -0.3 is 9.84 Å². The Morgan fingerprint density at radius 1 is 0.962 bits per heavy atom. The van der Waals surface area contributed by atoms with Gasteiger partial charge in [0.05, 0.1) is 13.5 Å². The summed E-state index contributed by atoms with van der Waals surface area (Å²) >= 11 is 0. The van der Waals surface area contributed by atoms with Gasteiger partial charge in [-0.05, 0) is 6.42 Å². The van der Waals surface area contributed by atoms with E-state index in [0.29, 0.717) is 6.08 Å². The van der Waals surface area contributed by atoms with Gasteiger partial charge in [0.25, 0.3) is 0 Å². The standard InChI is InChI=1S/C13H13F9O4/c1-26-9(25)7(5-8(23)24)3-2-4-10(15,16)12(19,20)13(21,22)11(17,18)6-14/h3H,2,4-6H2,1H3,(H,23,24). The lowest BCUT2D eigenvalue weighted by Gasteiger charge is -2.35. The number of halogens is 9. The van der Waals surface area contributed by atoms with Crippen LogP contribution in [-0.4, -0.2) is 54.5 Å². The highest BCUT2D eigenvalue weighted by molar-refractivity contribution is 5.93. The summed E-state index contributed by atoms with van der Waals surface area (Å²) in [5.41, 5.74) is -0.750. The van der Waals surface area contributed by atoms with Crippen molar-refractivity contribution in [3.8, 4) is 0 Å². The van der Waals surface area contributed by atoms with Crippen molar-refractivity contribution in [2.45, 2.75) is 43.0 Å². The van der Waals surface area contributed by atoms with E-state index in [1.54, 1.807) is 0 Å². The lowest BCUT2D eigenvalue weighted by atomic mass is 9.95. The Hall–Kier alpha value is -1.95. The number of aliphatic carboxylic acids is 1. The van der Waals surface area contributed by atoms with Crippen LogP contribution in [0, 0.1) is 0 Å². The van der Waals surface area contributed by atoms with Crippen LogP contribution in [0.25, 0.3) is 0 Å². The Morgan fingerprint density at radius 3 is 1.81 bits per heavy atom. The number of ether oxygens (including phenoxy) is 1. The molecule has 13 heteroatoms. The summed E-state index contributed by atoms with van der Waals surface area (Å²) in [7, 11) is 0.792. The van der Waals surface area contributed by atoms with Gasteiger partial charge in [-0.3, -0.25) is 4.79 Å². The van der Waals surface area contributed by atoms with E-state index < -0.39 is 67.1 Å². The number of carbonyl (C=O) groups excluding carboxylic acids is 1. The molecule has 0 saturated heterocycles. The zero-order valence-electron chi connectivity index (χ0n) is 13.0. The number of methoxy groups -OCH3 is 1. The van der Waals surface area contributed by atoms with Crippen LogP contribution in [-0.2, 0) is 14.3 Å². The molecular weight excluding hydrogens is 391 g/mol. The molecular formula is C13H13F9O4. The minimum absolute atomic E-state index is 0.412. The van der Waals surface area contributed by atoms with E-state index in [2.05, 4.69) is 4.74 Å². The summed E-state index contributed by atoms with van der Waals surface area (Å²) in [6.07, 6.45) is -4.05. The summed E-state index contributed by atoms with van der Waals surface area (Å²) in [4.78, 5) is 21.7. The number of hydrogen-bond acceptors (Lipinski definition) is 3. The number of esters is 1. The van der Waals surface area contributed by atoms with Crippen LogP contribution >= 0.6 is 0 Å². The Labute approximate surface area is 140 Å². The molecule has 0 aromatic carbocycles. The molecule has 0 aromatic heterocycles. The molecule has 0 amide bonds. The van der Waals surface area contributed by atoms with Crippen LogP contribution in [0.15, 0.2) is 11.6 Å². The van der Waals surface area contributed by atoms with Crippen LogP contribution in [0.5, 0.6) is 0 Å². The van der Waals surface area contributed by atoms with Crippen molar-refractivity contribution >= 4 is 11.9 Å². The highest BCUT2D eigenvalue weighted by Crippen LogP contribution is 2.53. The second kappa shape index (κ2) is 8.16. The number of allylic oxidation sites excluding steroid dienone is 1. The lowest BCUT2D eigenvalue weighted by molar-refractivity contribution is -0.368. The molecule has 0 aliphatic carbocycles. The number of rotatable bonds is 10. The molecule has 26 heavy (non-hydrogen) atoms. The second-order valence-electron chi connectivity index (χ2n) is 5.02. The number of carboxylic acids is 1. The van der Waals surface area contributed by atoms with Gasteiger partial charge >= 0.3 is 35.6 Å². The molecule has 0 heterocycles. The van der Waals surface area contributed by atoms with Crippen molar-refractivity contribution in [1.82, 2.24) is 0 Å². The Kier molecular flexibility index (Phi) is 7.55. The molecule has 0 aliphatic rings. The molecule has 0 aromatic rings. The van der Waals surface area contributed by atoms with Gasteiger partial charge in [0.1, 0.15) is 0 Å². The molecule has 0 saturated carbocycles. The summed E-state index contributed by atoms with van der Waals surface area (Å²) in [5, 5.41) is 8.51. The smallest absolute Gasteiger partial charge is 0.380 e. The van der Waals surface area contributed by atoms with Gasteiger partial charge in [0.2, 0.25) is 0 Å². The second-order valence-corrected chi connectivity index (χ2v) is 5.02. The molecule has 0 atom stereocenters. The molecule has 0 spiro atoms. The highest BCUT2D eigenvalue weighted by atomic mass is 19.4. The van der Waals surface area contributed by atoms with Gasteiger partial charge in [-0.15, -0.1) is 0 Å². The molecule has 0 fully saturated rings. The fourth-order valence-corrected chi connectivity index (χ4v) is 1.65. The average molecular weight is 404 g/mol. The first-order valence-electron chi connectivity index (χ1n) is 6.63. The minimum atomic E-state index is -6.70. The fourth-order valence-electron chi connectivity index (χ4n) is 1.65.